The van der Waals surface area contributed by atoms with Gasteiger partial charge in [0.15, 0.2) is 5.82 Å². The Balaban J connectivity index is 1.65. The number of rotatable bonds is 3. The van der Waals surface area contributed by atoms with Crippen LogP contribution in [-0.2, 0) is 14.3 Å². The lowest BCUT2D eigenvalue weighted by molar-refractivity contribution is -0.151. The van der Waals surface area contributed by atoms with E-state index in [4.69, 9.17) is 9.47 Å². The molecule has 1 aromatic heterocycles. The van der Waals surface area contributed by atoms with E-state index in [1.54, 1.807) is 16.8 Å². The molecule has 1 aromatic carbocycles. The van der Waals surface area contributed by atoms with Crippen LogP contribution in [0.25, 0.3) is 17.1 Å². The number of nitrogens with zero attached hydrogens (tertiary/aromatic N) is 3. The number of carbonyl (C=O) groups is 1. The van der Waals surface area contributed by atoms with Crippen molar-refractivity contribution in [3.63, 3.8) is 0 Å². The fourth-order valence-electron chi connectivity index (χ4n) is 5.01. The van der Waals surface area contributed by atoms with Crippen molar-refractivity contribution in [2.75, 3.05) is 13.2 Å². The Morgan fingerprint density at radius 2 is 2.03 bits per heavy atom. The molecule has 36 heavy (non-hydrogen) atoms. The van der Waals surface area contributed by atoms with Crippen LogP contribution in [0.1, 0.15) is 64.5 Å². The van der Waals surface area contributed by atoms with Gasteiger partial charge in [-0.3, -0.25) is 4.79 Å². The number of hydrogen-bond donors (Lipinski definition) is 2. The third-order valence-corrected chi connectivity index (χ3v) is 7.11. The number of halogens is 1. The van der Waals surface area contributed by atoms with E-state index in [0.29, 0.717) is 36.4 Å². The molecule has 1 saturated heterocycles. The first-order chi connectivity index (χ1) is 17.2. The zero-order valence-electron chi connectivity index (χ0n) is 21.1. The zero-order valence-corrected chi connectivity index (χ0v) is 21.1. The minimum atomic E-state index is -0.756. The summed E-state index contributed by atoms with van der Waals surface area (Å²) in [5.74, 6) is -0.658. The van der Waals surface area contributed by atoms with Crippen LogP contribution < -0.4 is 0 Å². The summed E-state index contributed by atoms with van der Waals surface area (Å²) in [6.07, 6.45) is 6.70. The molecule has 2 aliphatic rings. The van der Waals surface area contributed by atoms with E-state index in [1.807, 2.05) is 13.8 Å². The molecular formula is C27H36FN3O5. The predicted molar refractivity (Wildman–Crippen MR) is 133 cm³/mol. The fourth-order valence-corrected chi connectivity index (χ4v) is 5.01. The number of fused-ring (bicyclic) bond motifs is 1. The van der Waals surface area contributed by atoms with Crippen molar-refractivity contribution in [3.05, 3.63) is 41.2 Å². The van der Waals surface area contributed by atoms with E-state index in [1.165, 1.54) is 6.07 Å². The molecule has 0 aliphatic carbocycles. The molecular weight excluding hydrogens is 465 g/mol. The second kappa shape index (κ2) is 11.6. The SMILES string of the molecule is C/C(=C\c1cc(F)c2nnn([C@H]3CCOC[C@@H]3O)c2c1)[C@H]1OC(=O)C[C@H](O)CC[C@H](C)C/C=C/[C@@H]1C. The maximum Gasteiger partial charge on any atom is 0.309 e. The van der Waals surface area contributed by atoms with Gasteiger partial charge in [0.05, 0.1) is 36.8 Å². The van der Waals surface area contributed by atoms with Crippen LogP contribution in [0.5, 0.6) is 0 Å². The van der Waals surface area contributed by atoms with Crippen molar-refractivity contribution in [1.82, 2.24) is 15.0 Å². The first-order valence-corrected chi connectivity index (χ1v) is 12.8. The molecule has 3 heterocycles. The van der Waals surface area contributed by atoms with E-state index in [0.717, 1.165) is 18.4 Å². The van der Waals surface area contributed by atoms with Gasteiger partial charge in [0.2, 0.25) is 0 Å². The third kappa shape index (κ3) is 6.19. The highest BCUT2D eigenvalue weighted by Gasteiger charge is 2.29. The van der Waals surface area contributed by atoms with Gasteiger partial charge in [0, 0.05) is 12.5 Å². The first kappa shape index (κ1) is 26.4. The Labute approximate surface area is 210 Å². The molecule has 4 rings (SSSR count). The molecule has 0 bridgehead atoms. The lowest BCUT2D eigenvalue weighted by atomic mass is 9.93. The Hall–Kier alpha value is -2.62. The molecule has 0 unspecified atom stereocenters. The molecule has 1 fully saturated rings. The van der Waals surface area contributed by atoms with Crippen molar-refractivity contribution < 1.29 is 28.9 Å². The molecule has 0 amide bonds. The molecule has 2 aromatic rings. The number of aliphatic hydroxyl groups excluding tert-OH is 2. The first-order valence-electron chi connectivity index (χ1n) is 12.8. The number of allylic oxidation sites excluding steroid dienone is 1. The number of aromatic nitrogens is 3. The van der Waals surface area contributed by atoms with Crippen LogP contribution in [0.15, 0.2) is 29.9 Å². The largest absolute Gasteiger partial charge is 0.457 e. The van der Waals surface area contributed by atoms with Gasteiger partial charge < -0.3 is 19.7 Å². The summed E-state index contributed by atoms with van der Waals surface area (Å²) in [4.78, 5) is 12.6. The molecule has 0 spiro atoms. The molecule has 6 atom stereocenters. The third-order valence-electron chi connectivity index (χ3n) is 7.11. The standard InChI is InChI=1S/C27H36FN3O5/c1-16-5-4-6-17(2)27(36-25(34)14-20(32)8-7-16)18(3)11-19-12-21(28)26-23(13-19)31(30-29-26)22-9-10-35-15-24(22)33/h4,6,11-13,16-17,20,22,24,27,32-33H,5,7-10,14-15H2,1-3H3/b6-4+,18-11+/t16-,17+,20-,22+,24+,27+/m1/s1. The van der Waals surface area contributed by atoms with E-state index in [9.17, 15) is 19.4 Å². The summed E-state index contributed by atoms with van der Waals surface area (Å²) in [5, 5.41) is 28.8. The molecule has 0 saturated carbocycles. The molecule has 0 radical (unpaired) electrons. The lowest BCUT2D eigenvalue weighted by Gasteiger charge is -2.27. The van der Waals surface area contributed by atoms with Crippen LogP contribution in [0.4, 0.5) is 4.39 Å². The van der Waals surface area contributed by atoms with Crippen LogP contribution >= 0.6 is 0 Å². The fraction of sp³-hybridized carbons (Fsp3) is 0.593. The Morgan fingerprint density at radius 1 is 1.22 bits per heavy atom. The van der Waals surface area contributed by atoms with E-state index in [2.05, 4.69) is 29.4 Å². The highest BCUT2D eigenvalue weighted by atomic mass is 19.1. The minimum Gasteiger partial charge on any atom is -0.457 e. The molecule has 2 N–H and O–H groups in total. The van der Waals surface area contributed by atoms with Crippen molar-refractivity contribution in [3.8, 4) is 0 Å². The van der Waals surface area contributed by atoms with Crippen molar-refractivity contribution >= 4 is 23.1 Å². The van der Waals surface area contributed by atoms with Gasteiger partial charge in [0.25, 0.3) is 0 Å². The van der Waals surface area contributed by atoms with Crippen LogP contribution in [0, 0.1) is 17.7 Å². The summed E-state index contributed by atoms with van der Waals surface area (Å²) in [5.41, 5.74) is 1.96. The summed E-state index contributed by atoms with van der Waals surface area (Å²) in [6.45, 7) is 6.65. The topological polar surface area (TPSA) is 107 Å². The van der Waals surface area contributed by atoms with Gasteiger partial charge in [-0.2, -0.15) is 0 Å². The van der Waals surface area contributed by atoms with Crippen LogP contribution in [-0.4, -0.2) is 62.7 Å². The molecule has 8 nitrogen and oxygen atoms in total. The number of cyclic esters (lactones) is 1. The summed E-state index contributed by atoms with van der Waals surface area (Å²) < 4.78 is 27.7. The van der Waals surface area contributed by atoms with Gasteiger partial charge in [-0.25, -0.2) is 9.07 Å². The van der Waals surface area contributed by atoms with E-state index >= 15 is 0 Å². The maximum atomic E-state index is 15.0. The molecule has 9 heteroatoms. The van der Waals surface area contributed by atoms with Gasteiger partial charge >= 0.3 is 5.97 Å². The summed E-state index contributed by atoms with van der Waals surface area (Å²) in [6, 6.07) is 2.82. The van der Waals surface area contributed by atoms with Gasteiger partial charge in [-0.15, -0.1) is 5.10 Å². The van der Waals surface area contributed by atoms with Crippen LogP contribution in [0.3, 0.4) is 0 Å². The average molecular weight is 502 g/mol. The van der Waals surface area contributed by atoms with Crippen molar-refractivity contribution in [1.29, 1.82) is 0 Å². The Morgan fingerprint density at radius 3 is 2.81 bits per heavy atom. The number of esters is 1. The summed E-state index contributed by atoms with van der Waals surface area (Å²) in [7, 11) is 0. The molecule has 2 aliphatic heterocycles. The number of ether oxygens (including phenoxy) is 2. The summed E-state index contributed by atoms with van der Waals surface area (Å²) >= 11 is 0. The Kier molecular flexibility index (Phi) is 8.54. The van der Waals surface area contributed by atoms with Gasteiger partial charge in [0.1, 0.15) is 11.6 Å². The number of aliphatic hydroxyl groups is 2. The second-order valence-electron chi connectivity index (χ2n) is 10.3. The van der Waals surface area contributed by atoms with Crippen molar-refractivity contribution in [2.45, 2.75) is 77.2 Å². The van der Waals surface area contributed by atoms with E-state index < -0.39 is 30.1 Å². The van der Waals surface area contributed by atoms with Crippen molar-refractivity contribution in [2.24, 2.45) is 11.8 Å². The Bertz CT molecular complexity index is 1130. The van der Waals surface area contributed by atoms with Gasteiger partial charge in [-0.05, 0) is 61.8 Å². The highest BCUT2D eigenvalue weighted by Crippen LogP contribution is 2.29. The lowest BCUT2D eigenvalue weighted by Crippen LogP contribution is -2.34. The molecule has 196 valence electrons. The predicted octanol–water partition coefficient (Wildman–Crippen LogP) is 3.97. The van der Waals surface area contributed by atoms with Crippen LogP contribution in [0.2, 0.25) is 0 Å². The van der Waals surface area contributed by atoms with E-state index in [-0.39, 0.29) is 30.5 Å². The zero-order chi connectivity index (χ0) is 25.8. The minimum absolute atomic E-state index is 0.0498. The quantitative estimate of drug-likeness (QED) is 0.484. The monoisotopic (exact) mass is 501 g/mol. The average Bonchev–Trinajstić information content (AvgIpc) is 3.25. The number of benzene rings is 1. The smallest absolute Gasteiger partial charge is 0.309 e. The number of carbonyl (C=O) groups excluding carboxylic acids is 1. The highest BCUT2D eigenvalue weighted by molar-refractivity contribution is 5.79. The van der Waals surface area contributed by atoms with Gasteiger partial charge in [-0.1, -0.05) is 37.3 Å². The number of hydrogen-bond acceptors (Lipinski definition) is 7. The normalized spacial score (nSPS) is 31.9. The maximum absolute atomic E-state index is 15.0. The second-order valence-corrected chi connectivity index (χ2v) is 10.3.